The zero-order valence-electron chi connectivity index (χ0n) is 11.2. The minimum Gasteiger partial charge on any atom is -0.337 e. The highest BCUT2D eigenvalue weighted by molar-refractivity contribution is 7.10. The molecule has 0 bridgehead atoms. The topological polar surface area (TPSA) is 46.3 Å². The van der Waals surface area contributed by atoms with Crippen LogP contribution >= 0.6 is 11.3 Å². The second kappa shape index (κ2) is 5.99. The van der Waals surface area contributed by atoms with E-state index in [-0.39, 0.29) is 5.91 Å². The molecule has 0 saturated carbocycles. The summed E-state index contributed by atoms with van der Waals surface area (Å²) in [5, 5.41) is 2.05. The minimum atomic E-state index is 0.0383. The number of hydrogen-bond donors (Lipinski definition) is 1. The van der Waals surface area contributed by atoms with Crippen molar-refractivity contribution in [2.45, 2.75) is 20.0 Å². The molecule has 0 unspecified atom stereocenters. The molecular weight excluding hydrogens is 256 g/mol. The smallest absolute Gasteiger partial charge is 0.253 e. The highest BCUT2D eigenvalue weighted by atomic mass is 32.1. The predicted molar refractivity (Wildman–Crippen MR) is 79.2 cm³/mol. The predicted octanol–water partition coefficient (Wildman–Crippen LogP) is 2.79. The van der Waals surface area contributed by atoms with Crippen LogP contribution in [0.3, 0.4) is 0 Å². The molecule has 4 heteroatoms. The summed E-state index contributed by atoms with van der Waals surface area (Å²) in [7, 11) is 1.83. The van der Waals surface area contributed by atoms with E-state index in [0.29, 0.717) is 18.7 Å². The van der Waals surface area contributed by atoms with Gasteiger partial charge in [-0.1, -0.05) is 12.1 Å². The van der Waals surface area contributed by atoms with Crippen molar-refractivity contribution in [1.82, 2.24) is 4.90 Å². The average Bonchev–Trinajstić information content (AvgIpc) is 2.83. The van der Waals surface area contributed by atoms with Gasteiger partial charge in [0.15, 0.2) is 0 Å². The van der Waals surface area contributed by atoms with E-state index in [2.05, 4.69) is 18.4 Å². The third-order valence-electron chi connectivity index (χ3n) is 3.13. The molecule has 0 aliphatic heterocycles. The number of aryl methyl sites for hydroxylation is 1. The molecule has 1 aromatic heterocycles. The van der Waals surface area contributed by atoms with Crippen molar-refractivity contribution in [3.8, 4) is 0 Å². The molecule has 1 heterocycles. The monoisotopic (exact) mass is 274 g/mol. The SMILES string of the molecule is Cc1ccsc1CN(C)C(=O)c1ccc(CN)cc1. The normalized spacial score (nSPS) is 10.5. The van der Waals surface area contributed by atoms with Crippen molar-refractivity contribution in [3.05, 3.63) is 57.3 Å². The highest BCUT2D eigenvalue weighted by Gasteiger charge is 2.13. The van der Waals surface area contributed by atoms with E-state index in [4.69, 9.17) is 5.73 Å². The summed E-state index contributed by atoms with van der Waals surface area (Å²) in [6.07, 6.45) is 0. The molecule has 1 amide bonds. The summed E-state index contributed by atoms with van der Waals surface area (Å²) in [6.45, 7) is 3.22. The quantitative estimate of drug-likeness (QED) is 0.932. The van der Waals surface area contributed by atoms with Crippen LogP contribution in [0.2, 0.25) is 0 Å². The van der Waals surface area contributed by atoms with Gasteiger partial charge in [-0.2, -0.15) is 0 Å². The summed E-state index contributed by atoms with van der Waals surface area (Å²) in [5.41, 5.74) is 8.53. The first-order chi connectivity index (χ1) is 9.11. The third-order valence-corrected chi connectivity index (χ3v) is 4.14. The zero-order valence-corrected chi connectivity index (χ0v) is 12.0. The first-order valence-electron chi connectivity index (χ1n) is 6.19. The number of nitrogens with two attached hydrogens (primary N) is 1. The standard InChI is InChI=1S/C15H18N2OS/c1-11-7-8-19-14(11)10-17(2)15(18)13-5-3-12(9-16)4-6-13/h3-8H,9-10,16H2,1-2H3. The van der Waals surface area contributed by atoms with Crippen molar-refractivity contribution in [2.24, 2.45) is 5.73 Å². The maximum atomic E-state index is 12.3. The van der Waals surface area contributed by atoms with Gasteiger partial charge in [-0.25, -0.2) is 0 Å². The molecule has 2 aromatic rings. The fourth-order valence-electron chi connectivity index (χ4n) is 1.86. The lowest BCUT2D eigenvalue weighted by molar-refractivity contribution is 0.0786. The fourth-order valence-corrected chi connectivity index (χ4v) is 2.82. The molecule has 1 aromatic carbocycles. The van der Waals surface area contributed by atoms with Crippen LogP contribution in [0.5, 0.6) is 0 Å². The lowest BCUT2D eigenvalue weighted by Crippen LogP contribution is -2.26. The molecule has 2 rings (SSSR count). The van der Waals surface area contributed by atoms with E-state index in [1.807, 2.05) is 31.3 Å². The van der Waals surface area contributed by atoms with E-state index in [1.54, 1.807) is 16.2 Å². The van der Waals surface area contributed by atoms with Crippen LogP contribution in [0.25, 0.3) is 0 Å². The van der Waals surface area contributed by atoms with Crippen molar-refractivity contribution in [3.63, 3.8) is 0 Å². The number of amides is 1. The van der Waals surface area contributed by atoms with E-state index >= 15 is 0 Å². The summed E-state index contributed by atoms with van der Waals surface area (Å²) in [6, 6.07) is 9.55. The molecule has 0 fully saturated rings. The van der Waals surface area contributed by atoms with Gasteiger partial charge in [0.1, 0.15) is 0 Å². The summed E-state index contributed by atoms with van der Waals surface area (Å²) < 4.78 is 0. The molecule has 0 aliphatic rings. The Morgan fingerprint density at radius 3 is 2.47 bits per heavy atom. The molecule has 19 heavy (non-hydrogen) atoms. The van der Waals surface area contributed by atoms with Gasteiger partial charge in [-0.15, -0.1) is 11.3 Å². The lowest BCUT2D eigenvalue weighted by atomic mass is 10.1. The molecule has 0 aliphatic carbocycles. The number of hydrogen-bond acceptors (Lipinski definition) is 3. The first kappa shape index (κ1) is 13.8. The summed E-state index contributed by atoms with van der Waals surface area (Å²) >= 11 is 1.69. The molecule has 100 valence electrons. The van der Waals surface area contributed by atoms with Gasteiger partial charge in [0.05, 0.1) is 6.54 Å². The first-order valence-corrected chi connectivity index (χ1v) is 7.07. The highest BCUT2D eigenvalue weighted by Crippen LogP contribution is 2.18. The van der Waals surface area contributed by atoms with E-state index in [0.717, 1.165) is 5.56 Å². The Labute approximate surface area is 117 Å². The molecule has 0 radical (unpaired) electrons. The van der Waals surface area contributed by atoms with Gasteiger partial charge in [0, 0.05) is 24.0 Å². The van der Waals surface area contributed by atoms with Gasteiger partial charge >= 0.3 is 0 Å². The van der Waals surface area contributed by atoms with Crippen LogP contribution in [0.4, 0.5) is 0 Å². The van der Waals surface area contributed by atoms with Crippen LogP contribution in [0.1, 0.15) is 26.4 Å². The fraction of sp³-hybridized carbons (Fsp3) is 0.267. The van der Waals surface area contributed by atoms with Crippen molar-refractivity contribution in [1.29, 1.82) is 0 Å². The maximum Gasteiger partial charge on any atom is 0.253 e. The van der Waals surface area contributed by atoms with Gasteiger partial charge in [0.2, 0.25) is 0 Å². The van der Waals surface area contributed by atoms with Crippen LogP contribution in [-0.2, 0) is 13.1 Å². The number of carbonyl (C=O) groups excluding carboxylic acids is 1. The largest absolute Gasteiger partial charge is 0.337 e. The second-order valence-electron chi connectivity index (χ2n) is 4.59. The molecule has 2 N–H and O–H groups in total. The van der Waals surface area contributed by atoms with Crippen molar-refractivity contribution in [2.75, 3.05) is 7.05 Å². The second-order valence-corrected chi connectivity index (χ2v) is 5.59. The Bertz CT molecular complexity index is 560. The van der Waals surface area contributed by atoms with E-state index in [9.17, 15) is 4.79 Å². The zero-order chi connectivity index (χ0) is 13.8. The van der Waals surface area contributed by atoms with Crippen molar-refractivity contribution < 1.29 is 4.79 Å². The Hall–Kier alpha value is -1.65. The lowest BCUT2D eigenvalue weighted by Gasteiger charge is -2.17. The van der Waals surface area contributed by atoms with Crippen molar-refractivity contribution >= 4 is 17.2 Å². The van der Waals surface area contributed by atoms with E-state index in [1.165, 1.54) is 10.4 Å². The number of carbonyl (C=O) groups is 1. The minimum absolute atomic E-state index is 0.0383. The molecular formula is C15H18N2OS. The van der Waals surface area contributed by atoms with Crippen LogP contribution in [-0.4, -0.2) is 17.9 Å². The molecule has 0 saturated heterocycles. The van der Waals surface area contributed by atoms with E-state index < -0.39 is 0 Å². The molecule has 0 spiro atoms. The Morgan fingerprint density at radius 2 is 1.95 bits per heavy atom. The van der Waals surface area contributed by atoms with Gasteiger partial charge < -0.3 is 10.6 Å². The van der Waals surface area contributed by atoms with Crippen LogP contribution in [0.15, 0.2) is 35.7 Å². The summed E-state index contributed by atoms with van der Waals surface area (Å²) in [4.78, 5) is 15.3. The number of benzene rings is 1. The Kier molecular flexibility index (Phi) is 4.35. The third kappa shape index (κ3) is 3.22. The van der Waals surface area contributed by atoms with Gasteiger partial charge in [0.25, 0.3) is 5.91 Å². The maximum absolute atomic E-state index is 12.3. The number of rotatable bonds is 4. The Balaban J connectivity index is 2.08. The summed E-state index contributed by atoms with van der Waals surface area (Å²) in [5.74, 6) is 0.0383. The average molecular weight is 274 g/mol. The Morgan fingerprint density at radius 1 is 1.26 bits per heavy atom. The van der Waals surface area contributed by atoms with Crippen LogP contribution in [0, 0.1) is 6.92 Å². The van der Waals surface area contributed by atoms with Gasteiger partial charge in [-0.3, -0.25) is 4.79 Å². The molecule has 0 atom stereocenters. The van der Waals surface area contributed by atoms with Crippen LogP contribution < -0.4 is 5.73 Å². The number of thiophene rings is 1. The number of nitrogens with zero attached hydrogens (tertiary/aromatic N) is 1. The molecule has 3 nitrogen and oxygen atoms in total. The van der Waals surface area contributed by atoms with Gasteiger partial charge in [-0.05, 0) is 41.6 Å².